The third kappa shape index (κ3) is 3.11. The summed E-state index contributed by atoms with van der Waals surface area (Å²) >= 11 is 6.30. The van der Waals surface area contributed by atoms with Crippen molar-refractivity contribution in [2.24, 2.45) is 0 Å². The first-order valence-corrected chi connectivity index (χ1v) is 8.32. The van der Waals surface area contributed by atoms with Crippen molar-refractivity contribution in [3.8, 4) is 23.0 Å². The van der Waals surface area contributed by atoms with E-state index in [1.54, 1.807) is 6.07 Å². The molecular formula is C16H10Br2O6. The van der Waals surface area contributed by atoms with E-state index >= 15 is 0 Å². The number of carbonyl (C=O) groups is 2. The molecule has 0 spiro atoms. The van der Waals surface area contributed by atoms with Crippen LogP contribution in [0.5, 0.6) is 23.0 Å². The molecule has 0 saturated heterocycles. The Kier molecular flexibility index (Phi) is 4.51. The Labute approximate surface area is 153 Å². The molecule has 0 fully saturated rings. The number of fused-ring (bicyclic) bond motifs is 2. The highest BCUT2D eigenvalue weighted by atomic mass is 79.9. The molecule has 0 amide bonds. The zero-order valence-electron chi connectivity index (χ0n) is 12.0. The number of carbonyl (C=O) groups excluding carboxylic acids is 2. The Balaban J connectivity index is 0.000000141. The number of phenolic OH excluding ortho intramolecular Hbond substituents is 2. The molecule has 2 N–H and O–H groups in total. The lowest BCUT2D eigenvalue weighted by molar-refractivity contribution is 0.0954. The Morgan fingerprint density at radius 3 is 2.25 bits per heavy atom. The van der Waals surface area contributed by atoms with Crippen LogP contribution in [-0.2, 0) is 0 Å². The maximum absolute atomic E-state index is 11.2. The lowest BCUT2D eigenvalue weighted by Gasteiger charge is -1.99. The van der Waals surface area contributed by atoms with Gasteiger partial charge < -0.3 is 19.7 Å². The van der Waals surface area contributed by atoms with Crippen molar-refractivity contribution < 1.29 is 29.3 Å². The maximum atomic E-state index is 11.2. The summed E-state index contributed by atoms with van der Waals surface area (Å²) in [7, 11) is 0. The topological polar surface area (TPSA) is 93.1 Å². The molecular weight excluding hydrogens is 448 g/mol. The molecule has 0 bridgehead atoms. The predicted molar refractivity (Wildman–Crippen MR) is 91.3 cm³/mol. The van der Waals surface area contributed by atoms with Crippen molar-refractivity contribution in [3.05, 3.63) is 44.3 Å². The normalized spacial score (nSPS) is 14.2. The number of Topliss-reactive ketones (excluding diaryl/α,β-unsaturated/α-hetero) is 2. The van der Waals surface area contributed by atoms with Crippen LogP contribution in [-0.4, -0.2) is 35.0 Å². The zero-order chi connectivity index (χ0) is 17.4. The minimum absolute atomic E-state index is 0.0503. The van der Waals surface area contributed by atoms with Gasteiger partial charge in [0.25, 0.3) is 0 Å². The lowest BCUT2D eigenvalue weighted by Crippen LogP contribution is -1.99. The van der Waals surface area contributed by atoms with E-state index in [9.17, 15) is 14.7 Å². The molecule has 2 aromatic rings. The van der Waals surface area contributed by atoms with Gasteiger partial charge in [-0.15, -0.1) is 0 Å². The summed E-state index contributed by atoms with van der Waals surface area (Å²) in [5.74, 6) is 0.980. The van der Waals surface area contributed by atoms with Crippen molar-refractivity contribution in [1.82, 2.24) is 0 Å². The van der Waals surface area contributed by atoms with Crippen LogP contribution in [0, 0.1) is 0 Å². The summed E-state index contributed by atoms with van der Waals surface area (Å²) in [6.45, 7) is 0.141. The number of ether oxygens (including phenoxy) is 2. The van der Waals surface area contributed by atoms with E-state index in [1.807, 2.05) is 0 Å². The Hall–Kier alpha value is -2.06. The number of hydrogen-bond donors (Lipinski definition) is 2. The lowest BCUT2D eigenvalue weighted by atomic mass is 10.1. The largest absolute Gasteiger partial charge is 0.508 e. The second-order valence-corrected chi connectivity index (χ2v) is 6.73. The van der Waals surface area contributed by atoms with Crippen LogP contribution in [0.2, 0.25) is 0 Å². The first-order chi connectivity index (χ1) is 11.4. The molecule has 2 heterocycles. The second kappa shape index (κ2) is 6.45. The van der Waals surface area contributed by atoms with Crippen molar-refractivity contribution in [1.29, 1.82) is 0 Å². The number of halogens is 2. The molecule has 24 heavy (non-hydrogen) atoms. The third-order valence-corrected chi connectivity index (χ3v) is 4.65. The molecule has 0 saturated carbocycles. The van der Waals surface area contributed by atoms with Gasteiger partial charge in [-0.05, 0) is 44.0 Å². The van der Waals surface area contributed by atoms with Crippen molar-refractivity contribution in [3.63, 3.8) is 0 Å². The number of hydrogen-bond acceptors (Lipinski definition) is 6. The minimum Gasteiger partial charge on any atom is -0.508 e. The standard InChI is InChI=1S/2C8H5BrO3/c9-5-1-4-7(11)3-12-8(4)2-6(5)10;9-5-1-4(10)2-7-8(5)6(11)3-12-7/h2*1-2,10H,3H2. The number of rotatable bonds is 0. The number of aromatic hydroxyl groups is 2. The zero-order valence-corrected chi connectivity index (χ0v) is 15.2. The SMILES string of the molecule is O=C1COc2cc(O)c(Br)cc21.O=C1COc2cc(O)cc(Br)c21. The van der Waals surface area contributed by atoms with E-state index in [2.05, 4.69) is 31.9 Å². The average Bonchev–Trinajstić information content (AvgIpc) is 3.05. The second-order valence-electron chi connectivity index (χ2n) is 5.02. The summed E-state index contributed by atoms with van der Waals surface area (Å²) in [4.78, 5) is 22.3. The van der Waals surface area contributed by atoms with Crippen molar-refractivity contribution >= 4 is 43.4 Å². The van der Waals surface area contributed by atoms with Gasteiger partial charge >= 0.3 is 0 Å². The highest BCUT2D eigenvalue weighted by Gasteiger charge is 2.24. The Morgan fingerprint density at radius 2 is 1.50 bits per heavy atom. The van der Waals surface area contributed by atoms with E-state index in [4.69, 9.17) is 14.6 Å². The van der Waals surface area contributed by atoms with Gasteiger partial charge in [0.05, 0.1) is 15.6 Å². The molecule has 0 atom stereocenters. The van der Waals surface area contributed by atoms with E-state index in [-0.39, 0.29) is 36.3 Å². The van der Waals surface area contributed by atoms with Crippen LogP contribution in [0.4, 0.5) is 0 Å². The van der Waals surface area contributed by atoms with Crippen LogP contribution >= 0.6 is 31.9 Å². The predicted octanol–water partition coefficient (Wildman–Crippen LogP) is 3.46. The molecule has 8 heteroatoms. The summed E-state index contributed by atoms with van der Waals surface area (Å²) in [6, 6.07) is 5.92. The van der Waals surface area contributed by atoms with Crippen LogP contribution in [0.3, 0.4) is 0 Å². The molecule has 2 aliphatic rings. The molecule has 0 radical (unpaired) electrons. The van der Waals surface area contributed by atoms with Crippen LogP contribution in [0.25, 0.3) is 0 Å². The summed E-state index contributed by atoms with van der Waals surface area (Å²) in [6.07, 6.45) is 0. The van der Waals surface area contributed by atoms with E-state index < -0.39 is 0 Å². The summed E-state index contributed by atoms with van der Waals surface area (Å²) in [5, 5.41) is 18.4. The van der Waals surface area contributed by atoms with E-state index in [1.165, 1.54) is 18.2 Å². The highest BCUT2D eigenvalue weighted by molar-refractivity contribution is 9.10. The molecule has 0 aliphatic carbocycles. The Bertz CT molecular complexity index is 862. The number of ketones is 2. The third-order valence-electron chi connectivity index (χ3n) is 3.38. The minimum atomic E-state index is -0.0584. The molecule has 6 nitrogen and oxygen atoms in total. The van der Waals surface area contributed by atoms with Gasteiger partial charge in [0.15, 0.2) is 13.2 Å². The fraction of sp³-hybridized carbons (Fsp3) is 0.125. The van der Waals surface area contributed by atoms with E-state index in [0.717, 1.165) is 0 Å². The van der Waals surface area contributed by atoms with Gasteiger partial charge in [0, 0.05) is 16.6 Å². The van der Waals surface area contributed by atoms with Crippen LogP contribution in [0.1, 0.15) is 20.7 Å². The maximum Gasteiger partial charge on any atom is 0.205 e. The molecule has 0 aromatic heterocycles. The highest BCUT2D eigenvalue weighted by Crippen LogP contribution is 2.36. The average molecular weight is 458 g/mol. The van der Waals surface area contributed by atoms with Crippen LogP contribution < -0.4 is 9.47 Å². The van der Waals surface area contributed by atoms with Crippen LogP contribution in [0.15, 0.2) is 33.2 Å². The summed E-state index contributed by atoms with van der Waals surface area (Å²) < 4.78 is 11.1. The fourth-order valence-electron chi connectivity index (χ4n) is 2.27. The van der Waals surface area contributed by atoms with Crippen molar-refractivity contribution in [2.45, 2.75) is 0 Å². The first-order valence-electron chi connectivity index (χ1n) is 6.74. The Morgan fingerprint density at radius 1 is 0.833 bits per heavy atom. The quantitative estimate of drug-likeness (QED) is 0.629. The van der Waals surface area contributed by atoms with Gasteiger partial charge in [-0.2, -0.15) is 0 Å². The molecule has 2 aliphatic heterocycles. The molecule has 4 rings (SSSR count). The molecule has 0 unspecified atom stereocenters. The van der Waals surface area contributed by atoms with Gasteiger partial charge in [0.1, 0.15) is 23.0 Å². The smallest absolute Gasteiger partial charge is 0.205 e. The molecule has 2 aromatic carbocycles. The summed E-state index contributed by atoms with van der Waals surface area (Å²) in [5.41, 5.74) is 1.05. The van der Waals surface area contributed by atoms with Crippen molar-refractivity contribution in [2.75, 3.05) is 13.2 Å². The van der Waals surface area contributed by atoms with Gasteiger partial charge in [0.2, 0.25) is 11.6 Å². The van der Waals surface area contributed by atoms with Gasteiger partial charge in [-0.1, -0.05) is 0 Å². The number of phenols is 2. The monoisotopic (exact) mass is 456 g/mol. The first kappa shape index (κ1) is 16.8. The fourth-order valence-corrected chi connectivity index (χ4v) is 3.26. The van der Waals surface area contributed by atoms with E-state index in [0.29, 0.717) is 31.6 Å². The van der Waals surface area contributed by atoms with Gasteiger partial charge in [-0.3, -0.25) is 9.59 Å². The van der Waals surface area contributed by atoms with Gasteiger partial charge in [-0.25, -0.2) is 0 Å². The number of benzene rings is 2. The molecule has 124 valence electrons.